The summed E-state index contributed by atoms with van der Waals surface area (Å²) in [6.07, 6.45) is 2.63. The lowest BCUT2D eigenvalue weighted by Gasteiger charge is -2.40. The Morgan fingerprint density at radius 3 is 2.47 bits per heavy atom. The molecule has 0 bridgehead atoms. The van der Waals surface area contributed by atoms with E-state index in [1.54, 1.807) is 13.0 Å². The lowest BCUT2D eigenvalue weighted by Crippen LogP contribution is -2.46. The Morgan fingerprint density at radius 1 is 1.38 bits per heavy atom. The zero-order valence-electron chi connectivity index (χ0n) is 20.9. The minimum absolute atomic E-state index is 0.0291. The Labute approximate surface area is 208 Å². The van der Waals surface area contributed by atoms with Crippen LogP contribution in [0.4, 0.5) is 0 Å². The van der Waals surface area contributed by atoms with Gasteiger partial charge in [-0.2, -0.15) is 0 Å². The monoisotopic (exact) mass is 580 g/mol. The largest absolute Gasteiger partial charge is 0.457 e. The quantitative estimate of drug-likeness (QED) is 0.156. The van der Waals surface area contributed by atoms with Crippen LogP contribution in [0.2, 0.25) is 18.1 Å². The van der Waals surface area contributed by atoms with Gasteiger partial charge >= 0.3 is 11.9 Å². The minimum atomic E-state index is -2.17. The molecule has 5 atom stereocenters. The van der Waals surface area contributed by atoms with Gasteiger partial charge in [-0.05, 0) is 49.5 Å². The van der Waals surface area contributed by atoms with E-state index in [9.17, 15) is 14.7 Å². The summed E-state index contributed by atoms with van der Waals surface area (Å²) < 4.78 is 18.5. The summed E-state index contributed by atoms with van der Waals surface area (Å²) in [5.74, 6) is -0.996. The topological polar surface area (TPSA) is 82.1 Å². The number of carbonyl (C=O) groups is 2. The minimum Gasteiger partial charge on any atom is -0.457 e. The van der Waals surface area contributed by atoms with E-state index >= 15 is 0 Å². The highest BCUT2D eigenvalue weighted by Gasteiger charge is 2.41. The third-order valence-electron chi connectivity index (χ3n) is 6.44. The fourth-order valence-corrected chi connectivity index (χ4v) is 5.16. The number of esters is 2. The lowest BCUT2D eigenvalue weighted by atomic mass is 9.89. The zero-order chi connectivity index (χ0) is 24.9. The van der Waals surface area contributed by atoms with Gasteiger partial charge < -0.3 is 19.0 Å². The number of ether oxygens (including phenoxy) is 2. The molecule has 32 heavy (non-hydrogen) atoms. The Bertz CT molecular complexity index is 710. The van der Waals surface area contributed by atoms with Crippen LogP contribution in [-0.2, 0) is 23.5 Å². The first-order chi connectivity index (χ1) is 14.5. The molecule has 184 valence electrons. The van der Waals surface area contributed by atoms with E-state index in [0.717, 1.165) is 5.57 Å². The number of cyclic esters (lactones) is 1. The van der Waals surface area contributed by atoms with E-state index in [-0.39, 0.29) is 23.3 Å². The van der Waals surface area contributed by atoms with E-state index in [4.69, 9.17) is 13.9 Å². The van der Waals surface area contributed by atoms with Crippen LogP contribution in [0.15, 0.2) is 24.3 Å². The van der Waals surface area contributed by atoms with Gasteiger partial charge in [0, 0.05) is 17.3 Å². The summed E-state index contributed by atoms with van der Waals surface area (Å²) in [5.41, 5.74) is -0.513. The standard InChI is InChI=1S/C24H41IO6Si/c1-16-10-11-20(29-18(3)26)24(7,28)13-12-19(31-32(8,9)23(4,5)6)14-21(27)30-22(16)17(2)15-25/h10-11,16,19-20,22,28H,2,12-15H2,1,3-9H3/b11-10+/t16-,19+,20-,22-,24+/m0/s1. The first-order valence-electron chi connectivity index (χ1n) is 11.2. The van der Waals surface area contributed by atoms with Crippen molar-refractivity contribution in [2.75, 3.05) is 4.43 Å². The number of halogens is 1. The molecule has 6 nitrogen and oxygen atoms in total. The molecule has 0 saturated heterocycles. The van der Waals surface area contributed by atoms with Gasteiger partial charge in [-0.15, -0.1) is 0 Å². The number of rotatable bonds is 5. The molecule has 8 heteroatoms. The maximum atomic E-state index is 12.9. The first-order valence-corrected chi connectivity index (χ1v) is 15.6. The van der Waals surface area contributed by atoms with Crippen molar-refractivity contribution in [1.29, 1.82) is 0 Å². The van der Waals surface area contributed by atoms with Crippen LogP contribution in [0.5, 0.6) is 0 Å². The van der Waals surface area contributed by atoms with Crippen molar-refractivity contribution in [3.05, 3.63) is 24.3 Å². The van der Waals surface area contributed by atoms with Gasteiger partial charge in [-0.1, -0.05) is 62.9 Å². The summed E-state index contributed by atoms with van der Waals surface area (Å²) in [7, 11) is -2.17. The van der Waals surface area contributed by atoms with Crippen molar-refractivity contribution in [2.24, 2.45) is 5.92 Å². The summed E-state index contributed by atoms with van der Waals surface area (Å²) in [6, 6.07) is 0. The second-order valence-electron chi connectivity index (χ2n) is 10.6. The highest BCUT2D eigenvalue weighted by Crippen LogP contribution is 2.39. The van der Waals surface area contributed by atoms with Crippen LogP contribution in [0, 0.1) is 5.92 Å². The molecule has 0 radical (unpaired) electrons. The Hall–Kier alpha value is -0.713. The van der Waals surface area contributed by atoms with Crippen LogP contribution >= 0.6 is 22.6 Å². The molecule has 1 N–H and O–H groups in total. The third-order valence-corrected chi connectivity index (χ3v) is 12.0. The predicted molar refractivity (Wildman–Crippen MR) is 138 cm³/mol. The van der Waals surface area contributed by atoms with Crippen molar-refractivity contribution >= 4 is 42.8 Å². The number of alkyl halides is 1. The van der Waals surface area contributed by atoms with Crippen LogP contribution < -0.4 is 0 Å². The van der Waals surface area contributed by atoms with Gasteiger partial charge in [0.1, 0.15) is 17.8 Å². The number of carbonyl (C=O) groups excluding carboxylic acids is 2. The predicted octanol–water partition coefficient (Wildman–Crippen LogP) is 5.34. The van der Waals surface area contributed by atoms with Gasteiger partial charge in [-0.25, -0.2) is 0 Å². The summed E-state index contributed by atoms with van der Waals surface area (Å²) in [6.45, 7) is 19.7. The third kappa shape index (κ3) is 8.57. The maximum Gasteiger partial charge on any atom is 0.308 e. The van der Waals surface area contributed by atoms with Crippen molar-refractivity contribution < 1.29 is 28.6 Å². The molecule has 0 amide bonds. The smallest absolute Gasteiger partial charge is 0.308 e. The van der Waals surface area contributed by atoms with E-state index in [2.05, 4.69) is 63.0 Å². The average Bonchev–Trinajstić information content (AvgIpc) is 2.64. The molecule has 0 unspecified atom stereocenters. The molecule has 0 aromatic rings. The second-order valence-corrected chi connectivity index (χ2v) is 16.1. The first kappa shape index (κ1) is 29.3. The van der Waals surface area contributed by atoms with Crippen molar-refractivity contribution in [2.45, 2.75) is 103 Å². The Balaban J connectivity index is 3.35. The number of hydrogen-bond donors (Lipinski definition) is 1. The van der Waals surface area contributed by atoms with E-state index < -0.39 is 38.2 Å². The van der Waals surface area contributed by atoms with Gasteiger partial charge in [0.25, 0.3) is 0 Å². The highest BCUT2D eigenvalue weighted by molar-refractivity contribution is 14.1. The number of aliphatic hydroxyl groups is 1. The Morgan fingerprint density at radius 2 is 1.97 bits per heavy atom. The van der Waals surface area contributed by atoms with E-state index in [0.29, 0.717) is 17.3 Å². The average molecular weight is 581 g/mol. The van der Waals surface area contributed by atoms with Gasteiger partial charge in [0.2, 0.25) is 0 Å². The number of hydrogen-bond acceptors (Lipinski definition) is 6. The SMILES string of the molecule is C=C(CI)[C@H]1OC(=O)C[C@H](O[Si](C)(C)C(C)(C)C)CC[C@@](C)(O)[C@@H](OC(C)=O)/C=C/[C@@H]1C. The maximum absolute atomic E-state index is 12.9. The molecule has 0 aliphatic carbocycles. The molecule has 1 heterocycles. The van der Waals surface area contributed by atoms with Crippen LogP contribution in [0.1, 0.15) is 60.8 Å². The molecular formula is C24H41IO6Si. The van der Waals surface area contributed by atoms with Crippen molar-refractivity contribution in [3.8, 4) is 0 Å². The Kier molecular flexibility index (Phi) is 10.6. The fraction of sp³-hybridized carbons (Fsp3) is 0.750. The summed E-state index contributed by atoms with van der Waals surface area (Å²) in [5, 5.41) is 11.2. The van der Waals surface area contributed by atoms with Crippen LogP contribution in [0.3, 0.4) is 0 Å². The fourth-order valence-electron chi connectivity index (χ4n) is 3.34. The van der Waals surface area contributed by atoms with Crippen molar-refractivity contribution in [1.82, 2.24) is 0 Å². The molecule has 0 aromatic heterocycles. The summed E-state index contributed by atoms with van der Waals surface area (Å²) >= 11 is 2.20. The van der Waals surface area contributed by atoms with Crippen molar-refractivity contribution in [3.63, 3.8) is 0 Å². The molecule has 1 aliphatic heterocycles. The molecule has 1 rings (SSSR count). The highest BCUT2D eigenvalue weighted by atomic mass is 127. The normalized spacial score (nSPS) is 31.6. The molecule has 1 aliphatic rings. The van der Waals surface area contributed by atoms with E-state index in [1.165, 1.54) is 6.92 Å². The molecular weight excluding hydrogens is 539 g/mol. The molecule has 0 saturated carbocycles. The lowest BCUT2D eigenvalue weighted by molar-refractivity contribution is -0.157. The van der Waals surface area contributed by atoms with Gasteiger partial charge in [0.05, 0.1) is 12.5 Å². The molecule has 0 spiro atoms. The van der Waals surface area contributed by atoms with Crippen LogP contribution in [-0.4, -0.2) is 53.7 Å². The van der Waals surface area contributed by atoms with Crippen LogP contribution in [0.25, 0.3) is 0 Å². The van der Waals surface area contributed by atoms with Gasteiger partial charge in [-0.3, -0.25) is 9.59 Å². The van der Waals surface area contributed by atoms with E-state index in [1.807, 2.05) is 13.0 Å². The zero-order valence-corrected chi connectivity index (χ0v) is 24.0. The molecule has 0 aromatic carbocycles. The van der Waals surface area contributed by atoms with Gasteiger partial charge in [0.15, 0.2) is 8.32 Å². The summed E-state index contributed by atoms with van der Waals surface area (Å²) in [4.78, 5) is 24.6. The molecule has 0 fully saturated rings. The second kappa shape index (κ2) is 11.6.